The van der Waals surface area contributed by atoms with Gasteiger partial charge in [-0.15, -0.1) is 0 Å². The minimum atomic E-state index is -0.642. The normalized spacial score (nSPS) is 20.7. The molecule has 1 aliphatic carbocycles. The van der Waals surface area contributed by atoms with Crippen molar-refractivity contribution in [2.24, 2.45) is 0 Å². The highest BCUT2D eigenvalue weighted by atomic mass is 16.3. The van der Waals surface area contributed by atoms with E-state index in [1.165, 1.54) is 0 Å². The van der Waals surface area contributed by atoms with Crippen LogP contribution < -0.4 is 10.6 Å². The van der Waals surface area contributed by atoms with Crippen molar-refractivity contribution in [3.05, 3.63) is 0 Å². The molecule has 0 radical (unpaired) electrons. The molecule has 0 bridgehead atoms. The SMILES string of the molecule is CCNC(C)CC(=O)NCC1(O)CCCC1. The lowest BCUT2D eigenvalue weighted by Gasteiger charge is -2.22. The summed E-state index contributed by atoms with van der Waals surface area (Å²) in [5.41, 5.74) is -0.642. The number of carbonyl (C=O) groups is 1. The molecule has 1 fully saturated rings. The fourth-order valence-electron chi connectivity index (χ4n) is 2.24. The molecular weight excluding hydrogens is 204 g/mol. The quantitative estimate of drug-likeness (QED) is 0.630. The Bertz CT molecular complexity index is 225. The minimum absolute atomic E-state index is 0.0220. The third-order valence-electron chi connectivity index (χ3n) is 3.19. The van der Waals surface area contributed by atoms with Gasteiger partial charge in [-0.25, -0.2) is 0 Å². The van der Waals surface area contributed by atoms with Crippen molar-refractivity contribution < 1.29 is 9.90 Å². The molecule has 0 aromatic rings. The van der Waals surface area contributed by atoms with Crippen LogP contribution in [-0.2, 0) is 4.79 Å². The van der Waals surface area contributed by atoms with E-state index in [1.54, 1.807) is 0 Å². The van der Waals surface area contributed by atoms with Crippen LogP contribution in [0.15, 0.2) is 0 Å². The highest BCUT2D eigenvalue weighted by Crippen LogP contribution is 2.28. The second kappa shape index (κ2) is 6.21. The van der Waals surface area contributed by atoms with Crippen molar-refractivity contribution in [2.75, 3.05) is 13.1 Å². The summed E-state index contributed by atoms with van der Waals surface area (Å²) >= 11 is 0. The number of amides is 1. The van der Waals surface area contributed by atoms with Gasteiger partial charge in [0.2, 0.25) is 5.91 Å². The first-order valence-corrected chi connectivity index (χ1v) is 6.28. The van der Waals surface area contributed by atoms with Crippen LogP contribution in [0.25, 0.3) is 0 Å². The Morgan fingerprint density at radius 3 is 2.62 bits per heavy atom. The molecule has 0 heterocycles. The van der Waals surface area contributed by atoms with Crippen molar-refractivity contribution in [2.45, 2.75) is 57.6 Å². The number of nitrogens with one attached hydrogen (secondary N) is 2. The fraction of sp³-hybridized carbons (Fsp3) is 0.917. The minimum Gasteiger partial charge on any atom is -0.388 e. The summed E-state index contributed by atoms with van der Waals surface area (Å²) in [6.07, 6.45) is 4.25. The van der Waals surface area contributed by atoms with Gasteiger partial charge < -0.3 is 15.7 Å². The van der Waals surface area contributed by atoms with Crippen molar-refractivity contribution in [1.29, 1.82) is 0 Å². The number of aliphatic hydroxyl groups is 1. The molecule has 1 unspecified atom stereocenters. The molecule has 0 aromatic carbocycles. The third-order valence-corrected chi connectivity index (χ3v) is 3.19. The first-order valence-electron chi connectivity index (χ1n) is 6.28. The molecule has 1 amide bonds. The topological polar surface area (TPSA) is 61.4 Å². The summed E-state index contributed by atoms with van der Waals surface area (Å²) < 4.78 is 0. The Labute approximate surface area is 97.8 Å². The molecule has 3 N–H and O–H groups in total. The van der Waals surface area contributed by atoms with E-state index >= 15 is 0 Å². The molecular formula is C12H24N2O2. The van der Waals surface area contributed by atoms with Crippen LogP contribution in [0, 0.1) is 0 Å². The molecule has 0 spiro atoms. The van der Waals surface area contributed by atoms with E-state index in [4.69, 9.17) is 0 Å². The van der Waals surface area contributed by atoms with E-state index in [0.29, 0.717) is 13.0 Å². The summed E-state index contributed by atoms with van der Waals surface area (Å²) in [6.45, 7) is 5.30. The highest BCUT2D eigenvalue weighted by molar-refractivity contribution is 5.76. The van der Waals surface area contributed by atoms with Gasteiger partial charge in [0.1, 0.15) is 0 Å². The Morgan fingerprint density at radius 1 is 1.44 bits per heavy atom. The van der Waals surface area contributed by atoms with Gasteiger partial charge in [-0.2, -0.15) is 0 Å². The summed E-state index contributed by atoms with van der Waals surface area (Å²) in [5, 5.41) is 16.1. The van der Waals surface area contributed by atoms with E-state index < -0.39 is 5.60 Å². The van der Waals surface area contributed by atoms with Crippen molar-refractivity contribution >= 4 is 5.91 Å². The Balaban J connectivity index is 2.19. The maximum Gasteiger partial charge on any atom is 0.221 e. The van der Waals surface area contributed by atoms with Crippen LogP contribution in [0.3, 0.4) is 0 Å². The number of hydrogen-bond donors (Lipinski definition) is 3. The van der Waals surface area contributed by atoms with E-state index in [0.717, 1.165) is 32.2 Å². The molecule has 1 saturated carbocycles. The van der Waals surface area contributed by atoms with Crippen LogP contribution in [0.5, 0.6) is 0 Å². The molecule has 4 nitrogen and oxygen atoms in total. The fourth-order valence-corrected chi connectivity index (χ4v) is 2.24. The summed E-state index contributed by atoms with van der Waals surface area (Å²) in [7, 11) is 0. The Kier molecular flexibility index (Phi) is 5.22. The van der Waals surface area contributed by atoms with Gasteiger partial charge in [0.15, 0.2) is 0 Å². The number of rotatable bonds is 6. The lowest BCUT2D eigenvalue weighted by Crippen LogP contribution is -2.42. The van der Waals surface area contributed by atoms with Crippen LogP contribution in [0.1, 0.15) is 46.0 Å². The van der Waals surface area contributed by atoms with Gasteiger partial charge in [-0.3, -0.25) is 4.79 Å². The van der Waals surface area contributed by atoms with Gasteiger partial charge in [-0.1, -0.05) is 19.8 Å². The van der Waals surface area contributed by atoms with Crippen molar-refractivity contribution in [1.82, 2.24) is 10.6 Å². The molecule has 0 aromatic heterocycles. The maximum atomic E-state index is 11.6. The second-order valence-electron chi connectivity index (χ2n) is 4.87. The highest BCUT2D eigenvalue weighted by Gasteiger charge is 2.31. The van der Waals surface area contributed by atoms with Crippen LogP contribution in [0.4, 0.5) is 0 Å². The number of carbonyl (C=O) groups excluding carboxylic acids is 1. The van der Waals surface area contributed by atoms with Gasteiger partial charge in [0.05, 0.1) is 5.60 Å². The van der Waals surface area contributed by atoms with Gasteiger partial charge >= 0.3 is 0 Å². The predicted octanol–water partition coefficient (Wildman–Crippen LogP) is 0.796. The first-order chi connectivity index (χ1) is 7.56. The Hall–Kier alpha value is -0.610. The molecule has 1 rings (SSSR count). The molecule has 94 valence electrons. The summed E-state index contributed by atoms with van der Waals surface area (Å²) in [6, 6.07) is 0.197. The first kappa shape index (κ1) is 13.5. The molecule has 4 heteroatoms. The van der Waals surface area contributed by atoms with Gasteiger partial charge in [0, 0.05) is 19.0 Å². The zero-order chi connectivity index (χ0) is 12.0. The molecule has 1 atom stereocenters. The average molecular weight is 228 g/mol. The molecule has 0 aliphatic heterocycles. The average Bonchev–Trinajstić information content (AvgIpc) is 2.63. The van der Waals surface area contributed by atoms with Crippen LogP contribution in [0.2, 0.25) is 0 Å². The second-order valence-corrected chi connectivity index (χ2v) is 4.87. The standard InChI is InChI=1S/C12H24N2O2/c1-3-13-10(2)8-11(15)14-9-12(16)6-4-5-7-12/h10,13,16H,3-9H2,1-2H3,(H,14,15). The van der Waals surface area contributed by atoms with Crippen molar-refractivity contribution in [3.8, 4) is 0 Å². The zero-order valence-corrected chi connectivity index (χ0v) is 10.4. The van der Waals surface area contributed by atoms with Gasteiger partial charge in [-0.05, 0) is 26.3 Å². The third kappa shape index (κ3) is 4.49. The molecule has 16 heavy (non-hydrogen) atoms. The van der Waals surface area contributed by atoms with Gasteiger partial charge in [0.25, 0.3) is 0 Å². The largest absolute Gasteiger partial charge is 0.388 e. The van der Waals surface area contributed by atoms with Crippen LogP contribution in [-0.4, -0.2) is 35.7 Å². The summed E-state index contributed by atoms with van der Waals surface area (Å²) in [5.74, 6) is 0.0220. The Morgan fingerprint density at radius 2 is 2.06 bits per heavy atom. The number of hydrogen-bond acceptors (Lipinski definition) is 3. The van der Waals surface area contributed by atoms with Crippen molar-refractivity contribution in [3.63, 3.8) is 0 Å². The van der Waals surface area contributed by atoms with E-state index in [9.17, 15) is 9.90 Å². The maximum absolute atomic E-state index is 11.6. The van der Waals surface area contributed by atoms with E-state index in [1.807, 2.05) is 13.8 Å². The molecule has 1 aliphatic rings. The summed E-state index contributed by atoms with van der Waals surface area (Å²) in [4.78, 5) is 11.6. The lowest BCUT2D eigenvalue weighted by atomic mass is 10.0. The van der Waals surface area contributed by atoms with E-state index in [2.05, 4.69) is 10.6 Å². The molecule has 0 saturated heterocycles. The van der Waals surface area contributed by atoms with Crippen LogP contribution >= 0.6 is 0 Å². The smallest absolute Gasteiger partial charge is 0.221 e. The lowest BCUT2D eigenvalue weighted by molar-refractivity contribution is -0.122. The predicted molar refractivity (Wildman–Crippen MR) is 64.2 cm³/mol. The zero-order valence-electron chi connectivity index (χ0n) is 10.4. The monoisotopic (exact) mass is 228 g/mol. The van der Waals surface area contributed by atoms with E-state index in [-0.39, 0.29) is 11.9 Å².